The van der Waals surface area contributed by atoms with Gasteiger partial charge in [-0.25, -0.2) is 4.98 Å². The summed E-state index contributed by atoms with van der Waals surface area (Å²) in [5, 5.41) is 16.0. The van der Waals surface area contributed by atoms with E-state index in [1.807, 2.05) is 6.92 Å². The molecule has 0 radical (unpaired) electrons. The fourth-order valence-corrected chi connectivity index (χ4v) is 2.09. The molecule has 1 atom stereocenters. The van der Waals surface area contributed by atoms with Crippen molar-refractivity contribution < 1.29 is 23.0 Å². The fourth-order valence-electron chi connectivity index (χ4n) is 2.09. The van der Waals surface area contributed by atoms with Crippen LogP contribution in [0.1, 0.15) is 19.2 Å². The van der Waals surface area contributed by atoms with Crippen LogP contribution in [0.15, 0.2) is 17.4 Å². The Hall–Kier alpha value is -1.08. The van der Waals surface area contributed by atoms with Gasteiger partial charge in [0.2, 0.25) is 5.60 Å². The molecule has 0 aliphatic carbocycles. The molecule has 0 amide bonds. The Kier molecular flexibility index (Phi) is 10.3. The molecule has 0 saturated carbocycles. The van der Waals surface area contributed by atoms with Gasteiger partial charge in [0.25, 0.3) is 0 Å². The molecule has 11 heteroatoms. The minimum atomic E-state index is -4.86. The molecule has 3 N–H and O–H groups in total. The van der Waals surface area contributed by atoms with Crippen molar-refractivity contribution >= 4 is 29.9 Å². The number of rotatable bonds is 8. The summed E-state index contributed by atoms with van der Waals surface area (Å²) < 4.78 is 46.1. The van der Waals surface area contributed by atoms with E-state index in [2.05, 4.69) is 20.6 Å². The first-order valence-corrected chi connectivity index (χ1v) is 7.54. The Balaban J connectivity index is 0.00000576. The number of nitrogens with one attached hydrogen (secondary N) is 2. The summed E-state index contributed by atoms with van der Waals surface area (Å²) in [6.07, 6.45) is -2.93. The van der Waals surface area contributed by atoms with Crippen LogP contribution in [0.3, 0.4) is 0 Å². The molecular weight excluding hydrogens is 454 g/mol. The van der Waals surface area contributed by atoms with Crippen LogP contribution in [-0.2, 0) is 17.4 Å². The number of hydrogen-bond acceptors (Lipinski definition) is 4. The monoisotopic (exact) mass is 479 g/mol. The van der Waals surface area contributed by atoms with Crippen LogP contribution in [0.25, 0.3) is 0 Å². The van der Waals surface area contributed by atoms with Gasteiger partial charge in [0.05, 0.1) is 6.61 Å². The SMILES string of the molecule is CCNC(=NCCC(O)(c1nccn1C)C(F)(F)F)NCCOC.I. The van der Waals surface area contributed by atoms with Gasteiger partial charge in [-0.1, -0.05) is 0 Å². The lowest BCUT2D eigenvalue weighted by atomic mass is 9.98. The highest BCUT2D eigenvalue weighted by Crippen LogP contribution is 2.40. The molecule has 0 aromatic carbocycles. The third kappa shape index (κ3) is 6.62. The van der Waals surface area contributed by atoms with E-state index in [4.69, 9.17) is 4.74 Å². The van der Waals surface area contributed by atoms with Crippen molar-refractivity contribution in [1.82, 2.24) is 20.2 Å². The van der Waals surface area contributed by atoms with Gasteiger partial charge in [-0.2, -0.15) is 13.2 Å². The van der Waals surface area contributed by atoms with E-state index in [0.29, 0.717) is 25.7 Å². The zero-order chi connectivity index (χ0) is 18.2. The molecule has 1 heterocycles. The van der Waals surface area contributed by atoms with Crippen molar-refractivity contribution in [3.8, 4) is 0 Å². The maximum atomic E-state index is 13.4. The molecule has 0 fully saturated rings. The van der Waals surface area contributed by atoms with Crippen LogP contribution in [0.4, 0.5) is 13.2 Å². The minimum absolute atomic E-state index is 0. The zero-order valence-corrected chi connectivity index (χ0v) is 16.8. The molecule has 1 aromatic rings. The lowest BCUT2D eigenvalue weighted by molar-refractivity contribution is -0.272. The number of hydrogen-bond donors (Lipinski definition) is 3. The summed E-state index contributed by atoms with van der Waals surface area (Å²) in [6.45, 7) is 3.07. The molecule has 0 aliphatic heterocycles. The lowest BCUT2D eigenvalue weighted by Gasteiger charge is -2.29. The largest absolute Gasteiger partial charge is 0.424 e. The number of ether oxygens (including phenoxy) is 1. The highest BCUT2D eigenvalue weighted by Gasteiger charge is 2.57. The van der Waals surface area contributed by atoms with Crippen molar-refractivity contribution in [2.24, 2.45) is 12.0 Å². The Bertz CT molecular complexity index is 539. The van der Waals surface area contributed by atoms with Gasteiger partial charge < -0.3 is 25.0 Å². The number of halogens is 4. The van der Waals surface area contributed by atoms with E-state index in [1.165, 1.54) is 19.4 Å². The molecule has 0 aliphatic rings. The predicted octanol–water partition coefficient (Wildman–Crippen LogP) is 1.38. The second kappa shape index (κ2) is 10.8. The normalized spacial score (nSPS) is 14.6. The third-order valence-electron chi connectivity index (χ3n) is 3.35. The third-order valence-corrected chi connectivity index (χ3v) is 3.35. The van der Waals surface area contributed by atoms with Crippen molar-refractivity contribution in [3.05, 3.63) is 18.2 Å². The molecule has 146 valence electrons. The smallest absolute Gasteiger partial charge is 0.383 e. The molecule has 0 saturated heterocycles. The second-order valence-electron chi connectivity index (χ2n) is 5.15. The number of aliphatic imine (C=N–C) groups is 1. The Morgan fingerprint density at radius 2 is 2.08 bits per heavy atom. The quantitative estimate of drug-likeness (QED) is 0.227. The van der Waals surface area contributed by atoms with Gasteiger partial charge in [-0.3, -0.25) is 4.99 Å². The van der Waals surface area contributed by atoms with Gasteiger partial charge in [-0.15, -0.1) is 24.0 Å². The van der Waals surface area contributed by atoms with E-state index < -0.39 is 24.0 Å². The second-order valence-corrected chi connectivity index (χ2v) is 5.15. The van der Waals surface area contributed by atoms with Crippen molar-refractivity contribution in [3.63, 3.8) is 0 Å². The average Bonchev–Trinajstić information content (AvgIpc) is 2.92. The molecule has 0 bridgehead atoms. The van der Waals surface area contributed by atoms with E-state index >= 15 is 0 Å². The van der Waals surface area contributed by atoms with Crippen LogP contribution in [-0.4, -0.2) is 60.1 Å². The first-order chi connectivity index (χ1) is 11.3. The Morgan fingerprint density at radius 3 is 2.56 bits per heavy atom. The summed E-state index contributed by atoms with van der Waals surface area (Å²) in [5.74, 6) is -0.0959. The maximum absolute atomic E-state index is 13.4. The van der Waals surface area contributed by atoms with Crippen LogP contribution in [0.5, 0.6) is 0 Å². The molecule has 1 unspecified atom stereocenters. The van der Waals surface area contributed by atoms with Gasteiger partial charge in [0, 0.05) is 52.6 Å². The Morgan fingerprint density at radius 1 is 1.40 bits per heavy atom. The minimum Gasteiger partial charge on any atom is -0.383 e. The van der Waals surface area contributed by atoms with E-state index in [0.717, 1.165) is 4.57 Å². The van der Waals surface area contributed by atoms with Gasteiger partial charge >= 0.3 is 6.18 Å². The summed E-state index contributed by atoms with van der Waals surface area (Å²) >= 11 is 0. The fraction of sp³-hybridized carbons (Fsp3) is 0.714. The van der Waals surface area contributed by atoms with E-state index in [9.17, 15) is 18.3 Å². The van der Waals surface area contributed by atoms with Crippen LogP contribution in [0.2, 0.25) is 0 Å². The highest BCUT2D eigenvalue weighted by molar-refractivity contribution is 14.0. The number of nitrogens with zero attached hydrogens (tertiary/aromatic N) is 3. The van der Waals surface area contributed by atoms with Gasteiger partial charge in [-0.05, 0) is 6.92 Å². The summed E-state index contributed by atoms with van der Waals surface area (Å²) in [7, 11) is 2.95. The van der Waals surface area contributed by atoms with E-state index in [1.54, 1.807) is 7.11 Å². The summed E-state index contributed by atoms with van der Waals surface area (Å²) in [5.41, 5.74) is -3.06. The van der Waals surface area contributed by atoms with E-state index in [-0.39, 0.29) is 30.5 Å². The van der Waals surface area contributed by atoms with Crippen LogP contribution in [0, 0.1) is 0 Å². The van der Waals surface area contributed by atoms with Gasteiger partial charge in [0.1, 0.15) is 5.82 Å². The molecule has 7 nitrogen and oxygen atoms in total. The number of methoxy groups -OCH3 is 1. The van der Waals surface area contributed by atoms with Crippen molar-refractivity contribution in [2.75, 3.05) is 33.4 Å². The van der Waals surface area contributed by atoms with Crippen molar-refractivity contribution in [2.45, 2.75) is 25.1 Å². The standard InChI is InChI=1S/C14H24F3N5O2.HI/c1-4-18-12(21-8-10-24-3)20-6-5-13(23,14(15,16)17)11-19-7-9-22(11)2;/h7,9,23H,4-6,8,10H2,1-3H3,(H2,18,20,21);1H. The number of aromatic nitrogens is 2. The highest BCUT2D eigenvalue weighted by atomic mass is 127. The molecule has 0 spiro atoms. The first-order valence-electron chi connectivity index (χ1n) is 7.54. The lowest BCUT2D eigenvalue weighted by Crippen LogP contribution is -2.45. The summed E-state index contributed by atoms with van der Waals surface area (Å²) in [6, 6.07) is 0. The van der Waals surface area contributed by atoms with Crippen molar-refractivity contribution in [1.29, 1.82) is 0 Å². The zero-order valence-electron chi connectivity index (χ0n) is 14.4. The molecule has 25 heavy (non-hydrogen) atoms. The first kappa shape index (κ1) is 23.9. The Labute approximate surface area is 162 Å². The number of aryl methyl sites for hydroxylation is 1. The number of alkyl halides is 3. The number of imidazole rings is 1. The molecular formula is C14H25F3IN5O2. The van der Waals surface area contributed by atoms with Gasteiger partial charge in [0.15, 0.2) is 5.96 Å². The number of guanidine groups is 1. The topological polar surface area (TPSA) is 83.7 Å². The maximum Gasteiger partial charge on any atom is 0.424 e. The molecule has 1 rings (SSSR count). The molecule has 1 aromatic heterocycles. The summed E-state index contributed by atoms with van der Waals surface area (Å²) in [4.78, 5) is 7.71. The number of aliphatic hydroxyl groups is 1. The predicted molar refractivity (Wildman–Crippen MR) is 99.0 cm³/mol. The average molecular weight is 479 g/mol. The van der Waals surface area contributed by atoms with Crippen LogP contribution >= 0.6 is 24.0 Å². The van der Waals surface area contributed by atoms with Crippen LogP contribution < -0.4 is 10.6 Å².